The van der Waals surface area contributed by atoms with E-state index in [0.29, 0.717) is 16.2 Å². The smallest absolute Gasteiger partial charge is 0.328 e. The summed E-state index contributed by atoms with van der Waals surface area (Å²) in [4.78, 5) is 37.5. The molecular formula is C21H18BrClN4O3. The lowest BCUT2D eigenvalue weighted by molar-refractivity contribution is -0.136. The van der Waals surface area contributed by atoms with Gasteiger partial charge in [-0.1, -0.05) is 33.6 Å². The van der Waals surface area contributed by atoms with E-state index < -0.39 is 17.7 Å². The maximum Gasteiger partial charge on any atom is 0.328 e. The standard InChI is InChI=1S/C21H18BrClN4O3/c1-11-2-4-15(10-16(11)23)25-19(28)18-9-12-8-13(22)3-7-17(12)27(18)26-21(30)20(29)24-14-5-6-14/h2-4,7-10,14H,5-6H2,1H3,(H,24,29)(H,25,28)(H,26,30). The molecule has 9 heteroatoms. The third-order valence-electron chi connectivity index (χ3n) is 4.76. The molecule has 4 rings (SSSR count). The molecular weight excluding hydrogens is 472 g/mol. The molecule has 1 aliphatic rings. The Labute approximate surface area is 185 Å². The number of nitrogens with zero attached hydrogens (tertiary/aromatic N) is 1. The van der Waals surface area contributed by atoms with Crippen LogP contribution in [0.1, 0.15) is 28.9 Å². The summed E-state index contributed by atoms with van der Waals surface area (Å²) in [5, 5.41) is 6.67. The molecule has 0 spiro atoms. The van der Waals surface area contributed by atoms with Crippen LogP contribution in [-0.4, -0.2) is 28.4 Å². The van der Waals surface area contributed by atoms with Crippen LogP contribution in [0, 0.1) is 6.92 Å². The van der Waals surface area contributed by atoms with E-state index >= 15 is 0 Å². The summed E-state index contributed by atoms with van der Waals surface area (Å²) in [5.74, 6) is -2.02. The van der Waals surface area contributed by atoms with E-state index in [-0.39, 0.29) is 11.7 Å². The highest BCUT2D eigenvalue weighted by Gasteiger charge is 2.27. The second-order valence-corrected chi connectivity index (χ2v) is 8.50. The van der Waals surface area contributed by atoms with Crippen LogP contribution < -0.4 is 16.1 Å². The minimum absolute atomic E-state index is 0.0506. The molecule has 2 aromatic carbocycles. The molecule has 1 heterocycles. The average molecular weight is 490 g/mol. The van der Waals surface area contributed by atoms with E-state index in [4.69, 9.17) is 11.6 Å². The molecule has 3 N–H and O–H groups in total. The van der Waals surface area contributed by atoms with Crippen molar-refractivity contribution in [3.05, 3.63) is 63.2 Å². The molecule has 0 unspecified atom stereocenters. The number of benzene rings is 2. The molecule has 1 aromatic heterocycles. The molecule has 1 saturated carbocycles. The predicted octanol–water partition coefficient (Wildman–Crippen LogP) is 3.97. The fourth-order valence-electron chi connectivity index (χ4n) is 2.97. The number of halogens is 2. The van der Waals surface area contributed by atoms with Crippen molar-refractivity contribution in [3.8, 4) is 0 Å². The third kappa shape index (κ3) is 4.34. The number of amides is 3. The van der Waals surface area contributed by atoms with Gasteiger partial charge in [0.2, 0.25) is 0 Å². The maximum absolute atomic E-state index is 13.0. The summed E-state index contributed by atoms with van der Waals surface area (Å²) in [7, 11) is 0. The molecule has 0 aliphatic heterocycles. The second-order valence-electron chi connectivity index (χ2n) is 7.17. The number of rotatable bonds is 4. The van der Waals surface area contributed by atoms with Crippen LogP contribution in [0.25, 0.3) is 10.9 Å². The van der Waals surface area contributed by atoms with Gasteiger partial charge in [-0.15, -0.1) is 0 Å². The topological polar surface area (TPSA) is 92.2 Å². The number of nitrogens with one attached hydrogen (secondary N) is 3. The first-order chi connectivity index (χ1) is 14.3. The zero-order valence-electron chi connectivity index (χ0n) is 16.0. The van der Waals surface area contributed by atoms with E-state index in [0.717, 1.165) is 28.3 Å². The fraction of sp³-hybridized carbons (Fsp3) is 0.190. The zero-order chi connectivity index (χ0) is 21.4. The monoisotopic (exact) mass is 488 g/mol. The SMILES string of the molecule is Cc1ccc(NC(=O)c2cc3cc(Br)ccc3n2NC(=O)C(=O)NC2CC2)cc1Cl. The van der Waals surface area contributed by atoms with Crippen LogP contribution in [0.4, 0.5) is 5.69 Å². The van der Waals surface area contributed by atoms with Crippen molar-refractivity contribution in [1.82, 2.24) is 9.99 Å². The van der Waals surface area contributed by atoms with Crippen molar-refractivity contribution in [2.75, 3.05) is 10.7 Å². The second kappa shape index (κ2) is 8.12. The van der Waals surface area contributed by atoms with Crippen LogP contribution in [0.15, 0.2) is 46.9 Å². The summed E-state index contributed by atoms with van der Waals surface area (Å²) in [5.41, 5.74) is 4.70. The number of anilines is 1. The molecule has 3 amide bonds. The van der Waals surface area contributed by atoms with Gasteiger partial charge >= 0.3 is 11.8 Å². The van der Waals surface area contributed by atoms with Crippen molar-refractivity contribution in [3.63, 3.8) is 0 Å². The first-order valence-corrected chi connectivity index (χ1v) is 10.5. The molecule has 0 atom stereocenters. The number of carbonyl (C=O) groups is 3. The van der Waals surface area contributed by atoms with Gasteiger partial charge in [-0.2, -0.15) is 0 Å². The first kappa shape index (κ1) is 20.4. The van der Waals surface area contributed by atoms with Crippen LogP contribution in [0.2, 0.25) is 5.02 Å². The van der Waals surface area contributed by atoms with E-state index in [1.807, 2.05) is 13.0 Å². The Morgan fingerprint density at radius 1 is 1.07 bits per heavy atom. The Hall–Kier alpha value is -2.84. The first-order valence-electron chi connectivity index (χ1n) is 9.32. The maximum atomic E-state index is 13.0. The molecule has 7 nitrogen and oxygen atoms in total. The highest BCUT2D eigenvalue weighted by molar-refractivity contribution is 9.10. The minimum Gasteiger partial charge on any atom is -0.345 e. The summed E-state index contributed by atoms with van der Waals surface area (Å²) in [6.07, 6.45) is 1.73. The van der Waals surface area contributed by atoms with Crippen molar-refractivity contribution < 1.29 is 14.4 Å². The zero-order valence-corrected chi connectivity index (χ0v) is 18.3. The molecule has 154 valence electrons. The predicted molar refractivity (Wildman–Crippen MR) is 119 cm³/mol. The van der Waals surface area contributed by atoms with E-state index in [1.165, 1.54) is 4.68 Å². The molecule has 1 aliphatic carbocycles. The van der Waals surface area contributed by atoms with Gasteiger partial charge in [-0.05, 0) is 61.7 Å². The number of aryl methyl sites for hydroxylation is 1. The Morgan fingerprint density at radius 3 is 2.53 bits per heavy atom. The van der Waals surface area contributed by atoms with Gasteiger partial charge in [0.05, 0.1) is 5.52 Å². The highest BCUT2D eigenvalue weighted by atomic mass is 79.9. The van der Waals surface area contributed by atoms with Crippen LogP contribution in [0.3, 0.4) is 0 Å². The van der Waals surface area contributed by atoms with E-state index in [2.05, 4.69) is 32.0 Å². The van der Waals surface area contributed by atoms with Crippen LogP contribution in [0.5, 0.6) is 0 Å². The molecule has 1 fully saturated rings. The van der Waals surface area contributed by atoms with Crippen LogP contribution in [-0.2, 0) is 9.59 Å². The number of aromatic nitrogens is 1. The van der Waals surface area contributed by atoms with E-state index in [1.54, 1.807) is 36.4 Å². The molecule has 0 bridgehead atoms. The van der Waals surface area contributed by atoms with Gasteiger partial charge in [0.15, 0.2) is 0 Å². The van der Waals surface area contributed by atoms with Gasteiger partial charge in [-0.3, -0.25) is 19.8 Å². The lowest BCUT2D eigenvalue weighted by Gasteiger charge is -2.13. The minimum atomic E-state index is -0.838. The normalized spacial score (nSPS) is 13.2. The van der Waals surface area contributed by atoms with Crippen molar-refractivity contribution in [1.29, 1.82) is 0 Å². The number of hydrogen-bond acceptors (Lipinski definition) is 3. The van der Waals surface area contributed by atoms with E-state index in [9.17, 15) is 14.4 Å². The average Bonchev–Trinajstić information content (AvgIpc) is 3.44. The summed E-state index contributed by atoms with van der Waals surface area (Å²) >= 11 is 9.55. The van der Waals surface area contributed by atoms with Crippen molar-refractivity contribution in [2.24, 2.45) is 0 Å². The largest absolute Gasteiger partial charge is 0.345 e. The Morgan fingerprint density at radius 2 is 1.83 bits per heavy atom. The lowest BCUT2D eigenvalue weighted by atomic mass is 10.2. The summed E-state index contributed by atoms with van der Waals surface area (Å²) in [6, 6.07) is 12.2. The Bertz CT molecular complexity index is 1190. The number of carbonyl (C=O) groups excluding carboxylic acids is 3. The molecule has 30 heavy (non-hydrogen) atoms. The fourth-order valence-corrected chi connectivity index (χ4v) is 3.53. The third-order valence-corrected chi connectivity index (χ3v) is 5.66. The van der Waals surface area contributed by atoms with Gasteiger partial charge in [-0.25, -0.2) is 4.68 Å². The Balaban J connectivity index is 1.66. The quantitative estimate of drug-likeness (QED) is 0.484. The van der Waals surface area contributed by atoms with Gasteiger partial charge in [0, 0.05) is 26.6 Å². The van der Waals surface area contributed by atoms with Crippen molar-refractivity contribution >= 4 is 61.8 Å². The molecule has 0 radical (unpaired) electrons. The molecule has 0 saturated heterocycles. The van der Waals surface area contributed by atoms with Crippen molar-refractivity contribution in [2.45, 2.75) is 25.8 Å². The van der Waals surface area contributed by atoms with Gasteiger partial charge < -0.3 is 10.6 Å². The summed E-state index contributed by atoms with van der Waals surface area (Å²) < 4.78 is 2.14. The van der Waals surface area contributed by atoms with Gasteiger partial charge in [0.1, 0.15) is 5.69 Å². The molecule has 3 aromatic rings. The summed E-state index contributed by atoms with van der Waals surface area (Å²) in [6.45, 7) is 1.87. The van der Waals surface area contributed by atoms with Crippen LogP contribution >= 0.6 is 27.5 Å². The lowest BCUT2D eigenvalue weighted by Crippen LogP contribution is -2.40. The highest BCUT2D eigenvalue weighted by Crippen LogP contribution is 2.25. The number of hydrogen-bond donors (Lipinski definition) is 3. The van der Waals surface area contributed by atoms with Gasteiger partial charge in [0.25, 0.3) is 5.91 Å². The Kier molecular flexibility index (Phi) is 5.53. The number of fused-ring (bicyclic) bond motifs is 1.